The maximum atomic E-state index is 12.5. The van der Waals surface area contributed by atoms with Crippen LogP contribution in [0.15, 0.2) is 59.5 Å². The standard InChI is InChI=1S/C34H45N3O3S/c1-2-40-24-27-7-6-10-33(27)34(25-35,28-8-4-3-5-9-28)29-17-19-36(20-18-29)21-26-22-37(23-26)30-11-13-31(14-12-30)41(38,39)32-15-16-32/h3-5,8-9,11-14,26-27,29,32-33H,2,6-7,10,15-24H2,1H3/t27-,33+,34?/m1/s1. The highest BCUT2D eigenvalue weighted by Crippen LogP contribution is 2.52. The van der Waals surface area contributed by atoms with E-state index in [2.05, 4.69) is 53.1 Å². The molecule has 0 spiro atoms. The Hall–Kier alpha value is -2.40. The van der Waals surface area contributed by atoms with E-state index >= 15 is 0 Å². The van der Waals surface area contributed by atoms with E-state index in [0.29, 0.717) is 28.6 Å². The third-order valence-corrected chi connectivity index (χ3v) is 12.7. The second-order valence-electron chi connectivity index (χ2n) is 12.9. The SMILES string of the molecule is CCOC[C@H]1CCC[C@@H]1C(C#N)(c1ccccc1)C1CCN(CC2CN(c3ccc(S(=O)(=O)C4CC4)cc3)C2)CC1. The average molecular weight is 576 g/mol. The van der Waals surface area contributed by atoms with Crippen LogP contribution in [0.1, 0.15) is 57.4 Å². The summed E-state index contributed by atoms with van der Waals surface area (Å²) >= 11 is 0. The van der Waals surface area contributed by atoms with Gasteiger partial charge in [0.05, 0.1) is 21.6 Å². The molecule has 41 heavy (non-hydrogen) atoms. The molecule has 2 aromatic carbocycles. The van der Waals surface area contributed by atoms with Crippen LogP contribution in [0, 0.1) is 35.0 Å². The van der Waals surface area contributed by atoms with Crippen molar-refractivity contribution in [2.24, 2.45) is 23.7 Å². The number of nitrogens with zero attached hydrogens (tertiary/aromatic N) is 3. The van der Waals surface area contributed by atoms with E-state index in [0.717, 1.165) is 90.1 Å². The topological polar surface area (TPSA) is 73.6 Å². The first-order valence-electron chi connectivity index (χ1n) is 15.8. The Kier molecular flexibility index (Phi) is 8.45. The number of rotatable bonds is 11. The second kappa shape index (κ2) is 12.1. The smallest absolute Gasteiger partial charge is 0.181 e. The van der Waals surface area contributed by atoms with Crippen molar-refractivity contribution in [1.29, 1.82) is 5.26 Å². The number of hydrogen-bond acceptors (Lipinski definition) is 6. The molecule has 3 atom stereocenters. The van der Waals surface area contributed by atoms with Gasteiger partial charge in [0.15, 0.2) is 9.84 Å². The van der Waals surface area contributed by atoms with Crippen LogP contribution in [0.3, 0.4) is 0 Å². The lowest BCUT2D eigenvalue weighted by Gasteiger charge is -2.48. The van der Waals surface area contributed by atoms with Crippen LogP contribution in [0.4, 0.5) is 5.69 Å². The summed E-state index contributed by atoms with van der Waals surface area (Å²) in [7, 11) is -3.13. The van der Waals surface area contributed by atoms with Gasteiger partial charge in [0.2, 0.25) is 0 Å². The third kappa shape index (κ3) is 5.68. The maximum Gasteiger partial charge on any atom is 0.181 e. The number of sulfone groups is 1. The summed E-state index contributed by atoms with van der Waals surface area (Å²) in [4.78, 5) is 5.44. The van der Waals surface area contributed by atoms with E-state index in [4.69, 9.17) is 4.74 Å². The van der Waals surface area contributed by atoms with E-state index in [1.54, 1.807) is 12.1 Å². The van der Waals surface area contributed by atoms with Gasteiger partial charge in [-0.3, -0.25) is 0 Å². The fraction of sp³-hybridized carbons (Fsp3) is 0.618. The van der Waals surface area contributed by atoms with Gasteiger partial charge in [-0.05, 0) is 106 Å². The van der Waals surface area contributed by atoms with Gasteiger partial charge < -0.3 is 14.5 Å². The Morgan fingerprint density at radius 2 is 1.66 bits per heavy atom. The zero-order valence-corrected chi connectivity index (χ0v) is 25.3. The first-order valence-corrected chi connectivity index (χ1v) is 17.4. The molecule has 1 unspecified atom stereocenters. The lowest BCUT2D eigenvalue weighted by molar-refractivity contribution is 0.0516. The van der Waals surface area contributed by atoms with Crippen molar-refractivity contribution in [3.8, 4) is 6.07 Å². The maximum absolute atomic E-state index is 12.5. The molecule has 0 bridgehead atoms. The molecule has 0 N–H and O–H groups in total. The Morgan fingerprint density at radius 1 is 0.951 bits per heavy atom. The molecule has 2 aliphatic heterocycles. The van der Waals surface area contributed by atoms with Crippen LogP contribution < -0.4 is 4.90 Å². The number of piperidine rings is 1. The third-order valence-electron chi connectivity index (χ3n) is 10.4. The van der Waals surface area contributed by atoms with Crippen LogP contribution >= 0.6 is 0 Å². The molecule has 6 rings (SSSR count). The molecule has 4 fully saturated rings. The highest BCUT2D eigenvalue weighted by molar-refractivity contribution is 7.92. The second-order valence-corrected chi connectivity index (χ2v) is 15.1. The lowest BCUT2D eigenvalue weighted by Crippen LogP contribution is -2.54. The van der Waals surface area contributed by atoms with Crippen molar-refractivity contribution >= 4 is 15.5 Å². The van der Waals surface area contributed by atoms with E-state index in [-0.39, 0.29) is 5.25 Å². The molecule has 6 nitrogen and oxygen atoms in total. The molecule has 4 aliphatic rings. The van der Waals surface area contributed by atoms with E-state index in [1.807, 2.05) is 12.1 Å². The largest absolute Gasteiger partial charge is 0.381 e. The Morgan fingerprint density at radius 3 is 2.29 bits per heavy atom. The predicted molar refractivity (Wildman–Crippen MR) is 163 cm³/mol. The zero-order chi connectivity index (χ0) is 28.5. The zero-order valence-electron chi connectivity index (χ0n) is 24.5. The predicted octanol–water partition coefficient (Wildman–Crippen LogP) is 5.69. The Balaban J connectivity index is 1.06. The van der Waals surface area contributed by atoms with Crippen molar-refractivity contribution < 1.29 is 13.2 Å². The Bertz CT molecular complexity index is 1310. The summed E-state index contributed by atoms with van der Waals surface area (Å²) < 4.78 is 30.9. The highest BCUT2D eigenvalue weighted by Gasteiger charge is 2.52. The van der Waals surface area contributed by atoms with E-state index in [9.17, 15) is 13.7 Å². The number of benzene rings is 2. The quantitative estimate of drug-likeness (QED) is 0.343. The van der Waals surface area contributed by atoms with Gasteiger partial charge in [0, 0.05) is 44.5 Å². The van der Waals surface area contributed by atoms with Crippen LogP contribution in [0.2, 0.25) is 0 Å². The van der Waals surface area contributed by atoms with Gasteiger partial charge in [-0.15, -0.1) is 0 Å². The number of likely N-dealkylation sites (tertiary alicyclic amines) is 1. The van der Waals surface area contributed by atoms with Crippen molar-refractivity contribution in [1.82, 2.24) is 4.90 Å². The number of anilines is 1. The molecular weight excluding hydrogens is 530 g/mol. The van der Waals surface area contributed by atoms with Crippen molar-refractivity contribution in [3.63, 3.8) is 0 Å². The van der Waals surface area contributed by atoms with Crippen molar-refractivity contribution in [2.45, 2.75) is 67.4 Å². The summed E-state index contributed by atoms with van der Waals surface area (Å²) in [5.41, 5.74) is 1.88. The molecule has 2 saturated carbocycles. The molecule has 2 heterocycles. The van der Waals surface area contributed by atoms with Gasteiger partial charge in [-0.25, -0.2) is 8.42 Å². The summed E-state index contributed by atoms with van der Waals surface area (Å²) in [5, 5.41) is 10.8. The van der Waals surface area contributed by atoms with Crippen LogP contribution in [-0.4, -0.2) is 64.5 Å². The van der Waals surface area contributed by atoms with Gasteiger partial charge in [-0.1, -0.05) is 36.8 Å². The fourth-order valence-corrected chi connectivity index (χ4v) is 9.72. The van der Waals surface area contributed by atoms with Crippen LogP contribution in [0.25, 0.3) is 0 Å². The molecule has 7 heteroatoms. The molecule has 2 aromatic rings. The summed E-state index contributed by atoms with van der Waals surface area (Å²) in [5.74, 6) is 1.80. The molecule has 0 amide bonds. The first kappa shape index (κ1) is 28.7. The Labute approximate surface area is 246 Å². The molecule has 2 aliphatic carbocycles. The molecular formula is C34H45N3O3S. The monoisotopic (exact) mass is 575 g/mol. The van der Waals surface area contributed by atoms with Gasteiger partial charge in [-0.2, -0.15) is 5.26 Å². The van der Waals surface area contributed by atoms with E-state index < -0.39 is 15.3 Å². The normalized spacial score (nSPS) is 25.9. The minimum atomic E-state index is -3.13. The van der Waals surface area contributed by atoms with Crippen LogP contribution in [0.5, 0.6) is 0 Å². The first-order chi connectivity index (χ1) is 20.0. The summed E-state index contributed by atoms with van der Waals surface area (Å²) in [6.45, 7) is 8.80. The molecule has 220 valence electrons. The summed E-state index contributed by atoms with van der Waals surface area (Å²) in [6.07, 6.45) is 7.20. The van der Waals surface area contributed by atoms with Gasteiger partial charge in [0.1, 0.15) is 0 Å². The molecule has 0 aromatic heterocycles. The minimum absolute atomic E-state index is 0.161. The van der Waals surface area contributed by atoms with E-state index in [1.165, 1.54) is 12.0 Å². The van der Waals surface area contributed by atoms with Gasteiger partial charge >= 0.3 is 0 Å². The molecule has 2 saturated heterocycles. The number of nitriles is 1. The fourth-order valence-electron chi connectivity index (χ4n) is 8.06. The minimum Gasteiger partial charge on any atom is -0.381 e. The number of ether oxygens (including phenoxy) is 1. The van der Waals surface area contributed by atoms with Crippen LogP contribution in [-0.2, 0) is 20.0 Å². The lowest BCUT2D eigenvalue weighted by atomic mass is 9.58. The summed E-state index contributed by atoms with van der Waals surface area (Å²) in [6, 6.07) is 21.1. The van der Waals surface area contributed by atoms with Gasteiger partial charge in [0.25, 0.3) is 0 Å². The van der Waals surface area contributed by atoms with Crippen molar-refractivity contribution in [3.05, 3.63) is 60.2 Å². The highest BCUT2D eigenvalue weighted by atomic mass is 32.2. The number of hydrogen-bond donors (Lipinski definition) is 0. The van der Waals surface area contributed by atoms with Crippen molar-refractivity contribution in [2.75, 3.05) is 50.8 Å². The average Bonchev–Trinajstić information content (AvgIpc) is 3.75. The molecule has 0 radical (unpaired) electrons.